The fourth-order valence-electron chi connectivity index (χ4n) is 1.50. The molecule has 0 unspecified atom stereocenters. The second-order valence-corrected chi connectivity index (χ2v) is 3.73. The highest BCUT2D eigenvalue weighted by Crippen LogP contribution is 2.14. The molecule has 3 N–H and O–H groups in total. The number of anilines is 2. The maximum absolute atomic E-state index is 12.9. The van der Waals surface area contributed by atoms with Gasteiger partial charge in [-0.25, -0.2) is 8.78 Å². The normalized spacial score (nSPS) is 10.2. The smallest absolute Gasteiger partial charge is 0.159 e. The van der Waals surface area contributed by atoms with Gasteiger partial charge in [0.2, 0.25) is 0 Å². The van der Waals surface area contributed by atoms with Crippen LogP contribution in [0.1, 0.15) is 5.56 Å². The fourth-order valence-corrected chi connectivity index (χ4v) is 1.50. The molecule has 88 valence electrons. The number of hydrogen-bond donors (Lipinski definition) is 2. The molecule has 0 fully saturated rings. The van der Waals surface area contributed by atoms with Gasteiger partial charge >= 0.3 is 0 Å². The molecule has 4 heteroatoms. The summed E-state index contributed by atoms with van der Waals surface area (Å²) in [6.07, 6.45) is 0. The zero-order chi connectivity index (χ0) is 12.3. The van der Waals surface area contributed by atoms with Crippen LogP contribution >= 0.6 is 0 Å². The number of halogens is 2. The molecule has 0 atom stereocenters. The van der Waals surface area contributed by atoms with Crippen LogP contribution in [-0.4, -0.2) is 0 Å². The molecule has 0 spiro atoms. The average molecular weight is 234 g/mol. The molecular weight excluding hydrogens is 222 g/mol. The van der Waals surface area contributed by atoms with Crippen molar-refractivity contribution in [3.05, 3.63) is 59.7 Å². The summed E-state index contributed by atoms with van der Waals surface area (Å²) in [6, 6.07) is 11.1. The highest BCUT2D eigenvalue weighted by molar-refractivity contribution is 5.54. The lowest BCUT2D eigenvalue weighted by Crippen LogP contribution is -2.00. The Morgan fingerprint density at radius 2 is 1.82 bits per heavy atom. The molecule has 17 heavy (non-hydrogen) atoms. The van der Waals surface area contributed by atoms with Crippen molar-refractivity contribution < 1.29 is 8.78 Å². The Morgan fingerprint density at radius 1 is 1.00 bits per heavy atom. The maximum Gasteiger partial charge on any atom is 0.159 e. The Hall–Kier alpha value is -2.10. The topological polar surface area (TPSA) is 38.0 Å². The second kappa shape index (κ2) is 4.82. The van der Waals surface area contributed by atoms with Crippen LogP contribution in [-0.2, 0) is 6.54 Å². The molecule has 0 amide bonds. The van der Waals surface area contributed by atoms with Gasteiger partial charge in [0.1, 0.15) is 0 Å². The molecule has 0 saturated carbocycles. The van der Waals surface area contributed by atoms with E-state index in [1.54, 1.807) is 12.1 Å². The summed E-state index contributed by atoms with van der Waals surface area (Å²) in [5.41, 5.74) is 7.79. The van der Waals surface area contributed by atoms with Crippen molar-refractivity contribution in [3.63, 3.8) is 0 Å². The van der Waals surface area contributed by atoms with Gasteiger partial charge in [0.05, 0.1) is 0 Å². The standard InChI is InChI=1S/C13H12F2N2/c14-12-5-4-9(6-13(12)15)8-17-11-3-1-2-10(16)7-11/h1-7,17H,8,16H2. The first-order valence-corrected chi connectivity index (χ1v) is 5.18. The van der Waals surface area contributed by atoms with Crippen molar-refractivity contribution in [1.82, 2.24) is 0 Å². The average Bonchev–Trinajstić information content (AvgIpc) is 2.31. The number of benzene rings is 2. The molecule has 0 aliphatic rings. The van der Waals surface area contributed by atoms with Crippen LogP contribution in [0.4, 0.5) is 20.2 Å². The monoisotopic (exact) mass is 234 g/mol. The van der Waals surface area contributed by atoms with Gasteiger partial charge in [-0.3, -0.25) is 0 Å². The third-order valence-corrected chi connectivity index (χ3v) is 2.37. The molecule has 0 aromatic heterocycles. The summed E-state index contributed by atoms with van der Waals surface area (Å²) in [5, 5.41) is 3.08. The van der Waals surface area contributed by atoms with E-state index < -0.39 is 11.6 Å². The first-order valence-electron chi connectivity index (χ1n) is 5.18. The zero-order valence-electron chi connectivity index (χ0n) is 9.08. The van der Waals surface area contributed by atoms with E-state index in [1.807, 2.05) is 12.1 Å². The summed E-state index contributed by atoms with van der Waals surface area (Å²) >= 11 is 0. The lowest BCUT2D eigenvalue weighted by molar-refractivity contribution is 0.507. The number of nitrogens with two attached hydrogens (primary N) is 1. The summed E-state index contributed by atoms with van der Waals surface area (Å²) in [4.78, 5) is 0. The minimum Gasteiger partial charge on any atom is -0.399 e. The van der Waals surface area contributed by atoms with Gasteiger partial charge in [0, 0.05) is 17.9 Å². The molecule has 0 aliphatic carbocycles. The van der Waals surface area contributed by atoms with Gasteiger partial charge < -0.3 is 11.1 Å². The van der Waals surface area contributed by atoms with Crippen molar-refractivity contribution in [2.75, 3.05) is 11.1 Å². The fraction of sp³-hybridized carbons (Fsp3) is 0.0769. The summed E-state index contributed by atoms with van der Waals surface area (Å²) < 4.78 is 25.6. The van der Waals surface area contributed by atoms with Crippen molar-refractivity contribution in [3.8, 4) is 0 Å². The second-order valence-electron chi connectivity index (χ2n) is 3.73. The maximum atomic E-state index is 12.9. The van der Waals surface area contributed by atoms with Crippen molar-refractivity contribution in [1.29, 1.82) is 0 Å². The molecule has 0 aliphatic heterocycles. The first-order chi connectivity index (χ1) is 8.15. The Labute approximate surface area is 98.1 Å². The van der Waals surface area contributed by atoms with Crippen LogP contribution in [0.25, 0.3) is 0 Å². The van der Waals surface area contributed by atoms with Crippen LogP contribution < -0.4 is 11.1 Å². The van der Waals surface area contributed by atoms with E-state index in [0.29, 0.717) is 17.8 Å². The minimum atomic E-state index is -0.836. The molecule has 0 heterocycles. The largest absolute Gasteiger partial charge is 0.399 e. The van der Waals surface area contributed by atoms with E-state index in [4.69, 9.17) is 5.73 Å². The lowest BCUT2D eigenvalue weighted by atomic mass is 10.2. The van der Waals surface area contributed by atoms with E-state index in [0.717, 1.165) is 11.8 Å². The Morgan fingerprint density at radius 3 is 2.53 bits per heavy atom. The van der Waals surface area contributed by atoms with Crippen molar-refractivity contribution >= 4 is 11.4 Å². The Kier molecular flexibility index (Phi) is 3.23. The van der Waals surface area contributed by atoms with E-state index in [9.17, 15) is 8.78 Å². The molecule has 2 rings (SSSR count). The molecule has 2 aromatic rings. The third kappa shape index (κ3) is 2.93. The molecule has 2 nitrogen and oxygen atoms in total. The van der Waals surface area contributed by atoms with Gasteiger partial charge in [-0.05, 0) is 35.9 Å². The predicted octanol–water partition coefficient (Wildman–Crippen LogP) is 3.16. The quantitative estimate of drug-likeness (QED) is 0.800. The third-order valence-electron chi connectivity index (χ3n) is 2.37. The lowest BCUT2D eigenvalue weighted by Gasteiger charge is -2.07. The van der Waals surface area contributed by atoms with Gasteiger partial charge in [-0.1, -0.05) is 12.1 Å². The number of hydrogen-bond acceptors (Lipinski definition) is 2. The number of nitrogens with one attached hydrogen (secondary N) is 1. The molecule has 0 radical (unpaired) electrons. The minimum absolute atomic E-state index is 0.417. The summed E-state index contributed by atoms with van der Waals surface area (Å²) in [6.45, 7) is 0.417. The van der Waals surface area contributed by atoms with Crippen molar-refractivity contribution in [2.24, 2.45) is 0 Å². The molecular formula is C13H12F2N2. The number of rotatable bonds is 3. The van der Waals surface area contributed by atoms with Crippen molar-refractivity contribution in [2.45, 2.75) is 6.54 Å². The highest BCUT2D eigenvalue weighted by atomic mass is 19.2. The van der Waals surface area contributed by atoms with Crippen LogP contribution in [0.15, 0.2) is 42.5 Å². The van der Waals surface area contributed by atoms with E-state index >= 15 is 0 Å². The Bertz CT molecular complexity index is 527. The van der Waals surface area contributed by atoms with E-state index in [2.05, 4.69) is 5.32 Å². The van der Waals surface area contributed by atoms with Crippen LogP contribution in [0.2, 0.25) is 0 Å². The first kappa shape index (κ1) is 11.4. The van der Waals surface area contributed by atoms with E-state index in [1.165, 1.54) is 12.1 Å². The van der Waals surface area contributed by atoms with Gasteiger partial charge in [0.25, 0.3) is 0 Å². The van der Waals surface area contributed by atoms with Crippen LogP contribution in [0.5, 0.6) is 0 Å². The van der Waals surface area contributed by atoms with Gasteiger partial charge in [0.15, 0.2) is 11.6 Å². The molecule has 2 aromatic carbocycles. The Balaban J connectivity index is 2.05. The number of nitrogen functional groups attached to an aromatic ring is 1. The SMILES string of the molecule is Nc1cccc(NCc2ccc(F)c(F)c2)c1. The van der Waals surface area contributed by atoms with Crippen LogP contribution in [0.3, 0.4) is 0 Å². The molecule has 0 saturated heterocycles. The van der Waals surface area contributed by atoms with E-state index in [-0.39, 0.29) is 0 Å². The zero-order valence-corrected chi connectivity index (χ0v) is 9.08. The van der Waals surface area contributed by atoms with Crippen LogP contribution in [0, 0.1) is 11.6 Å². The predicted molar refractivity (Wildman–Crippen MR) is 64.5 cm³/mol. The van der Waals surface area contributed by atoms with Gasteiger partial charge in [-0.15, -0.1) is 0 Å². The highest BCUT2D eigenvalue weighted by Gasteiger charge is 2.02. The summed E-state index contributed by atoms with van der Waals surface area (Å²) in [5.74, 6) is -1.67. The van der Waals surface area contributed by atoms with Gasteiger partial charge in [-0.2, -0.15) is 0 Å². The summed E-state index contributed by atoms with van der Waals surface area (Å²) in [7, 11) is 0. The molecule has 0 bridgehead atoms.